The number of aliphatic carboxylic acids is 1. The predicted octanol–water partition coefficient (Wildman–Crippen LogP) is 1.51. The number of carboxylic acid groups (broad SMARTS) is 1. The smallest absolute Gasteiger partial charge is 0.323 e. The lowest BCUT2D eigenvalue weighted by Gasteiger charge is -2.22. The lowest BCUT2D eigenvalue weighted by molar-refractivity contribution is -0.165. The second-order valence-electron chi connectivity index (χ2n) is 4.49. The van der Waals surface area contributed by atoms with E-state index in [1.54, 1.807) is 18.2 Å². The first kappa shape index (κ1) is 15.8. The Kier molecular flexibility index (Phi) is 4.96. The molecule has 0 aromatic heterocycles. The van der Waals surface area contributed by atoms with Crippen molar-refractivity contribution in [1.82, 2.24) is 0 Å². The van der Waals surface area contributed by atoms with Crippen LogP contribution in [0.5, 0.6) is 11.5 Å². The summed E-state index contributed by atoms with van der Waals surface area (Å²) in [7, 11) is 4.16. The van der Waals surface area contributed by atoms with Crippen LogP contribution < -0.4 is 9.47 Å². The molecule has 1 aromatic carbocycles. The Labute approximate surface area is 117 Å². The van der Waals surface area contributed by atoms with Crippen LogP contribution in [0.3, 0.4) is 0 Å². The number of carboxylic acids is 1. The largest absolute Gasteiger partial charge is 0.493 e. The van der Waals surface area contributed by atoms with Gasteiger partial charge in [0.05, 0.1) is 21.3 Å². The molecule has 110 valence electrons. The molecule has 0 aliphatic heterocycles. The molecule has 1 N–H and O–H groups in total. The topological polar surface area (TPSA) is 82.1 Å². The fourth-order valence-electron chi connectivity index (χ4n) is 1.86. The number of carbonyl (C=O) groups is 2. The Morgan fingerprint density at radius 3 is 2.20 bits per heavy atom. The molecule has 0 saturated carbocycles. The second-order valence-corrected chi connectivity index (χ2v) is 4.49. The molecule has 0 fully saturated rings. The average Bonchev–Trinajstić information content (AvgIpc) is 2.45. The number of rotatable bonds is 6. The summed E-state index contributed by atoms with van der Waals surface area (Å²) in [6.45, 7) is 1.33. The van der Waals surface area contributed by atoms with E-state index in [0.717, 1.165) is 7.11 Å². The van der Waals surface area contributed by atoms with Gasteiger partial charge in [-0.1, -0.05) is 6.07 Å². The number of benzene rings is 1. The SMILES string of the molecule is COC(=O)C(C)(Cc1ccc(OC)c(OC)c1)C(=O)O. The fourth-order valence-corrected chi connectivity index (χ4v) is 1.86. The molecule has 6 heteroatoms. The first-order chi connectivity index (χ1) is 9.38. The van der Waals surface area contributed by atoms with Gasteiger partial charge in [0, 0.05) is 0 Å². The average molecular weight is 282 g/mol. The standard InChI is InChI=1S/C14H18O6/c1-14(12(15)16,13(17)20-4)8-9-5-6-10(18-2)11(7-9)19-3/h5-7H,8H2,1-4H3,(H,15,16). The molecular formula is C14H18O6. The van der Waals surface area contributed by atoms with E-state index in [9.17, 15) is 14.7 Å². The van der Waals surface area contributed by atoms with Gasteiger partial charge in [0.2, 0.25) is 0 Å². The monoisotopic (exact) mass is 282 g/mol. The van der Waals surface area contributed by atoms with Gasteiger partial charge >= 0.3 is 11.9 Å². The van der Waals surface area contributed by atoms with Gasteiger partial charge < -0.3 is 19.3 Å². The van der Waals surface area contributed by atoms with Crippen molar-refractivity contribution in [2.75, 3.05) is 21.3 Å². The van der Waals surface area contributed by atoms with Crippen LogP contribution in [-0.4, -0.2) is 38.4 Å². The van der Waals surface area contributed by atoms with Crippen LogP contribution in [0.15, 0.2) is 18.2 Å². The number of hydrogen-bond acceptors (Lipinski definition) is 5. The van der Waals surface area contributed by atoms with Gasteiger partial charge in [0.1, 0.15) is 0 Å². The van der Waals surface area contributed by atoms with Crippen LogP contribution >= 0.6 is 0 Å². The van der Waals surface area contributed by atoms with E-state index in [4.69, 9.17) is 9.47 Å². The molecule has 0 spiro atoms. The van der Waals surface area contributed by atoms with Gasteiger partial charge in [0.15, 0.2) is 16.9 Å². The van der Waals surface area contributed by atoms with Crippen molar-refractivity contribution >= 4 is 11.9 Å². The highest BCUT2D eigenvalue weighted by Crippen LogP contribution is 2.31. The molecule has 6 nitrogen and oxygen atoms in total. The zero-order chi connectivity index (χ0) is 15.3. The quantitative estimate of drug-likeness (QED) is 0.629. The minimum absolute atomic E-state index is 0.00460. The van der Waals surface area contributed by atoms with Crippen molar-refractivity contribution < 1.29 is 28.9 Å². The number of esters is 1. The minimum Gasteiger partial charge on any atom is -0.493 e. The third-order valence-electron chi connectivity index (χ3n) is 3.11. The van der Waals surface area contributed by atoms with Crippen molar-refractivity contribution in [3.05, 3.63) is 23.8 Å². The van der Waals surface area contributed by atoms with E-state index >= 15 is 0 Å². The van der Waals surface area contributed by atoms with E-state index in [-0.39, 0.29) is 6.42 Å². The van der Waals surface area contributed by atoms with Crippen LogP contribution in [0.25, 0.3) is 0 Å². The normalized spacial score (nSPS) is 13.2. The summed E-state index contributed by atoms with van der Waals surface area (Å²) in [6, 6.07) is 4.99. The van der Waals surface area contributed by atoms with E-state index in [1.807, 2.05) is 0 Å². The number of hydrogen-bond donors (Lipinski definition) is 1. The maximum absolute atomic E-state index is 11.7. The zero-order valence-electron chi connectivity index (χ0n) is 11.9. The van der Waals surface area contributed by atoms with Crippen molar-refractivity contribution in [3.63, 3.8) is 0 Å². The molecule has 0 aliphatic carbocycles. The van der Waals surface area contributed by atoms with Gasteiger partial charge in [-0.05, 0) is 31.0 Å². The zero-order valence-corrected chi connectivity index (χ0v) is 11.9. The van der Waals surface area contributed by atoms with Crippen LogP contribution in [0.1, 0.15) is 12.5 Å². The van der Waals surface area contributed by atoms with Gasteiger partial charge in [-0.15, -0.1) is 0 Å². The fraction of sp³-hybridized carbons (Fsp3) is 0.429. The molecule has 0 radical (unpaired) electrons. The molecule has 1 unspecified atom stereocenters. The lowest BCUT2D eigenvalue weighted by Crippen LogP contribution is -2.39. The highest BCUT2D eigenvalue weighted by atomic mass is 16.5. The summed E-state index contributed by atoms with van der Waals surface area (Å²) in [5.41, 5.74) is -1.01. The highest BCUT2D eigenvalue weighted by molar-refractivity contribution is 5.98. The Bertz CT molecular complexity index is 510. The maximum atomic E-state index is 11.7. The van der Waals surface area contributed by atoms with Gasteiger partial charge in [-0.2, -0.15) is 0 Å². The van der Waals surface area contributed by atoms with E-state index in [0.29, 0.717) is 17.1 Å². The van der Waals surface area contributed by atoms with Crippen LogP contribution in [0, 0.1) is 5.41 Å². The molecule has 20 heavy (non-hydrogen) atoms. The summed E-state index contributed by atoms with van der Waals surface area (Å²) in [6.07, 6.45) is -0.00460. The van der Waals surface area contributed by atoms with E-state index < -0.39 is 17.4 Å². The molecule has 1 rings (SSSR count). The van der Waals surface area contributed by atoms with Crippen molar-refractivity contribution in [2.45, 2.75) is 13.3 Å². The molecule has 1 atom stereocenters. The van der Waals surface area contributed by atoms with Crippen LogP contribution in [-0.2, 0) is 20.7 Å². The number of ether oxygens (including phenoxy) is 3. The molecule has 1 aromatic rings. The van der Waals surface area contributed by atoms with Crippen LogP contribution in [0.4, 0.5) is 0 Å². The number of carbonyl (C=O) groups excluding carboxylic acids is 1. The Hall–Kier alpha value is -2.24. The molecule has 0 aliphatic rings. The summed E-state index contributed by atoms with van der Waals surface area (Å²) < 4.78 is 14.8. The lowest BCUT2D eigenvalue weighted by atomic mass is 9.83. The minimum atomic E-state index is -1.64. The van der Waals surface area contributed by atoms with Crippen molar-refractivity contribution in [2.24, 2.45) is 5.41 Å². The Morgan fingerprint density at radius 2 is 1.75 bits per heavy atom. The number of methoxy groups -OCH3 is 3. The molecule has 0 saturated heterocycles. The van der Waals surface area contributed by atoms with Gasteiger partial charge in [-0.3, -0.25) is 9.59 Å². The summed E-state index contributed by atoms with van der Waals surface area (Å²) in [4.78, 5) is 23.0. The Morgan fingerprint density at radius 1 is 1.15 bits per heavy atom. The molecular weight excluding hydrogens is 264 g/mol. The summed E-state index contributed by atoms with van der Waals surface area (Å²) >= 11 is 0. The summed E-state index contributed by atoms with van der Waals surface area (Å²) in [5.74, 6) is -1.02. The molecule has 0 amide bonds. The molecule has 0 bridgehead atoms. The summed E-state index contributed by atoms with van der Waals surface area (Å²) in [5, 5.41) is 9.27. The predicted molar refractivity (Wildman–Crippen MR) is 71.0 cm³/mol. The second kappa shape index (κ2) is 6.27. The highest BCUT2D eigenvalue weighted by Gasteiger charge is 2.42. The third-order valence-corrected chi connectivity index (χ3v) is 3.11. The Balaban J connectivity index is 3.12. The first-order valence-corrected chi connectivity index (χ1v) is 5.91. The third kappa shape index (κ3) is 3.01. The molecule has 0 heterocycles. The van der Waals surface area contributed by atoms with Crippen molar-refractivity contribution in [3.8, 4) is 11.5 Å². The van der Waals surface area contributed by atoms with Crippen molar-refractivity contribution in [1.29, 1.82) is 0 Å². The maximum Gasteiger partial charge on any atom is 0.323 e. The van der Waals surface area contributed by atoms with E-state index in [1.165, 1.54) is 21.1 Å². The van der Waals surface area contributed by atoms with E-state index in [2.05, 4.69) is 4.74 Å². The van der Waals surface area contributed by atoms with Gasteiger partial charge in [-0.25, -0.2) is 0 Å². The van der Waals surface area contributed by atoms with Gasteiger partial charge in [0.25, 0.3) is 0 Å². The first-order valence-electron chi connectivity index (χ1n) is 5.91. The van der Waals surface area contributed by atoms with Crippen LogP contribution in [0.2, 0.25) is 0 Å².